The van der Waals surface area contributed by atoms with E-state index in [2.05, 4.69) is 25.0 Å². The molecular formula is C20H19ClN8O7. The van der Waals surface area contributed by atoms with E-state index in [1.54, 1.807) is 30.3 Å². The standard InChI is InChI=1S/C20H19ClN8O7/c21-19-25-14(22)12-15(26-19)29(8-24-12)16-11(27-28-23)13(30)10(36-16)7-35-20(17(31)32,18(33)34)6-9-4-2-1-3-5-9/h1-5,8,10-11,13,16,30H,6-7H2,(H,31,32)(H,33,34)(H2,22,25,26)/t10-,11+,13-,16-/m1/s1. The second kappa shape index (κ2) is 9.93. The number of halogens is 1. The van der Waals surface area contributed by atoms with Crippen molar-refractivity contribution in [2.24, 2.45) is 5.11 Å². The predicted octanol–water partition coefficient (Wildman–Crippen LogP) is 1.17. The molecule has 0 saturated carbocycles. The summed E-state index contributed by atoms with van der Waals surface area (Å²) in [5.41, 5.74) is 12.9. The van der Waals surface area contributed by atoms with Crippen molar-refractivity contribution in [1.29, 1.82) is 0 Å². The molecule has 0 unspecified atom stereocenters. The summed E-state index contributed by atoms with van der Waals surface area (Å²) in [4.78, 5) is 38.8. The first-order valence-electron chi connectivity index (χ1n) is 10.4. The molecule has 188 valence electrons. The van der Waals surface area contributed by atoms with Crippen LogP contribution < -0.4 is 5.73 Å². The van der Waals surface area contributed by atoms with Gasteiger partial charge < -0.3 is 30.5 Å². The van der Waals surface area contributed by atoms with Gasteiger partial charge in [0.25, 0.3) is 5.60 Å². The molecular weight excluding hydrogens is 500 g/mol. The topological polar surface area (TPSA) is 232 Å². The van der Waals surface area contributed by atoms with E-state index in [1.165, 1.54) is 10.9 Å². The second-order valence-electron chi connectivity index (χ2n) is 7.86. The lowest BCUT2D eigenvalue weighted by Crippen LogP contribution is -2.52. The van der Waals surface area contributed by atoms with Gasteiger partial charge in [-0.3, -0.25) is 4.57 Å². The van der Waals surface area contributed by atoms with Gasteiger partial charge in [-0.1, -0.05) is 35.4 Å². The fourth-order valence-electron chi connectivity index (χ4n) is 3.90. The number of rotatable bonds is 9. The highest BCUT2D eigenvalue weighted by molar-refractivity contribution is 6.28. The average Bonchev–Trinajstić information content (AvgIpc) is 3.38. The molecule has 1 aliphatic rings. The van der Waals surface area contributed by atoms with Gasteiger partial charge in [-0.15, -0.1) is 0 Å². The number of carbonyl (C=O) groups is 2. The molecule has 0 aliphatic carbocycles. The molecule has 36 heavy (non-hydrogen) atoms. The lowest BCUT2D eigenvalue weighted by atomic mass is 9.94. The zero-order valence-corrected chi connectivity index (χ0v) is 19.0. The minimum absolute atomic E-state index is 0.0175. The molecule has 2 aromatic heterocycles. The third-order valence-electron chi connectivity index (χ3n) is 5.70. The van der Waals surface area contributed by atoms with Gasteiger partial charge in [-0.2, -0.15) is 9.97 Å². The molecule has 0 spiro atoms. The summed E-state index contributed by atoms with van der Waals surface area (Å²) >= 11 is 5.89. The molecule has 5 N–H and O–H groups in total. The number of nitrogens with two attached hydrogens (primary N) is 1. The summed E-state index contributed by atoms with van der Waals surface area (Å²) in [7, 11) is 0. The van der Waals surface area contributed by atoms with Gasteiger partial charge in [0.2, 0.25) is 5.28 Å². The maximum absolute atomic E-state index is 12.1. The fourth-order valence-corrected chi connectivity index (χ4v) is 4.07. The van der Waals surface area contributed by atoms with Crippen LogP contribution in [0.2, 0.25) is 5.28 Å². The van der Waals surface area contributed by atoms with Crippen molar-refractivity contribution in [1.82, 2.24) is 19.5 Å². The number of hydrogen-bond donors (Lipinski definition) is 4. The Hall–Kier alpha value is -4.01. The molecule has 16 heteroatoms. The highest BCUT2D eigenvalue weighted by Gasteiger charge is 2.51. The predicted molar refractivity (Wildman–Crippen MR) is 122 cm³/mol. The Morgan fingerprint density at radius 2 is 1.97 bits per heavy atom. The van der Waals surface area contributed by atoms with E-state index < -0.39 is 55.0 Å². The van der Waals surface area contributed by atoms with Crippen LogP contribution in [0, 0.1) is 0 Å². The molecule has 0 radical (unpaired) electrons. The van der Waals surface area contributed by atoms with E-state index in [4.69, 9.17) is 32.3 Å². The fraction of sp³-hybridized carbons (Fsp3) is 0.350. The number of carboxylic acid groups (broad SMARTS) is 2. The van der Waals surface area contributed by atoms with E-state index in [9.17, 15) is 24.9 Å². The first-order valence-corrected chi connectivity index (χ1v) is 10.7. The Labute approximate surface area is 206 Å². The van der Waals surface area contributed by atoms with Crippen molar-refractivity contribution < 1.29 is 34.4 Å². The number of hydrogen-bond acceptors (Lipinski definition) is 10. The van der Waals surface area contributed by atoms with Gasteiger partial charge in [0.1, 0.15) is 23.9 Å². The summed E-state index contributed by atoms with van der Waals surface area (Å²) in [6.07, 6.45) is -3.20. The summed E-state index contributed by atoms with van der Waals surface area (Å²) in [6, 6.07) is 6.82. The van der Waals surface area contributed by atoms with Gasteiger partial charge in [-0.25, -0.2) is 14.6 Å². The van der Waals surface area contributed by atoms with E-state index in [0.717, 1.165) is 0 Å². The third kappa shape index (κ3) is 4.48. The van der Waals surface area contributed by atoms with E-state index in [1.807, 2.05) is 0 Å². The Kier molecular flexibility index (Phi) is 6.92. The zero-order valence-electron chi connectivity index (χ0n) is 18.2. The summed E-state index contributed by atoms with van der Waals surface area (Å²) in [5, 5.41) is 33.8. The van der Waals surface area contributed by atoms with Crippen molar-refractivity contribution in [2.45, 2.75) is 36.5 Å². The highest BCUT2D eigenvalue weighted by atomic mass is 35.5. The van der Waals surface area contributed by atoms with Crippen LogP contribution in [0.5, 0.6) is 0 Å². The van der Waals surface area contributed by atoms with E-state index >= 15 is 0 Å². The van der Waals surface area contributed by atoms with Crippen LogP contribution in [-0.4, -0.2) is 77.2 Å². The highest BCUT2D eigenvalue weighted by Crippen LogP contribution is 2.35. The van der Waals surface area contributed by atoms with Crippen LogP contribution in [0.3, 0.4) is 0 Å². The molecule has 0 bridgehead atoms. The third-order valence-corrected chi connectivity index (χ3v) is 5.87. The molecule has 3 aromatic rings. The van der Waals surface area contributed by atoms with Gasteiger partial charge in [0.15, 0.2) is 11.5 Å². The monoisotopic (exact) mass is 518 g/mol. The normalized spacial score (nSPS) is 21.8. The number of anilines is 1. The molecule has 4 atom stereocenters. The maximum atomic E-state index is 12.1. The summed E-state index contributed by atoms with van der Waals surface area (Å²) < 4.78 is 12.6. The number of nitrogen functional groups attached to an aromatic ring is 1. The lowest BCUT2D eigenvalue weighted by Gasteiger charge is -2.27. The number of aliphatic carboxylic acids is 2. The minimum Gasteiger partial charge on any atom is -0.479 e. The number of nitrogens with zero attached hydrogens (tertiary/aromatic N) is 7. The average molecular weight is 519 g/mol. The molecule has 1 fully saturated rings. The van der Waals surface area contributed by atoms with Crippen LogP contribution in [0.25, 0.3) is 21.6 Å². The summed E-state index contributed by atoms with van der Waals surface area (Å²) in [5.74, 6) is -3.50. The van der Waals surface area contributed by atoms with Gasteiger partial charge in [0.05, 0.1) is 19.0 Å². The number of fused-ring (bicyclic) bond motifs is 1. The van der Waals surface area contributed by atoms with Crippen molar-refractivity contribution in [3.63, 3.8) is 0 Å². The Bertz CT molecular complexity index is 1330. The molecule has 3 heterocycles. The van der Waals surface area contributed by atoms with E-state index in [-0.39, 0.29) is 22.3 Å². The smallest absolute Gasteiger partial charge is 0.348 e. The van der Waals surface area contributed by atoms with Crippen LogP contribution in [-0.2, 0) is 25.5 Å². The summed E-state index contributed by atoms with van der Waals surface area (Å²) in [6.45, 7) is -0.662. The molecule has 1 aromatic carbocycles. The number of aromatic nitrogens is 4. The number of aliphatic hydroxyl groups excluding tert-OH is 1. The number of carboxylic acids is 2. The second-order valence-corrected chi connectivity index (χ2v) is 8.20. The number of ether oxygens (including phenoxy) is 2. The van der Waals surface area contributed by atoms with Crippen molar-refractivity contribution >= 4 is 40.5 Å². The quantitative estimate of drug-likeness (QED) is 0.103. The van der Waals surface area contributed by atoms with Crippen LogP contribution in [0.4, 0.5) is 5.82 Å². The first-order chi connectivity index (χ1) is 17.2. The number of benzene rings is 1. The van der Waals surface area contributed by atoms with Crippen molar-refractivity contribution in [3.8, 4) is 0 Å². The number of aliphatic hydroxyl groups is 1. The number of imidazole rings is 1. The first kappa shape index (κ1) is 25.1. The Morgan fingerprint density at radius 3 is 2.61 bits per heavy atom. The van der Waals surface area contributed by atoms with Crippen LogP contribution in [0.1, 0.15) is 11.8 Å². The van der Waals surface area contributed by atoms with Gasteiger partial charge in [-0.05, 0) is 22.7 Å². The number of azide groups is 1. The maximum Gasteiger partial charge on any atom is 0.348 e. The van der Waals surface area contributed by atoms with Gasteiger partial charge >= 0.3 is 11.9 Å². The Morgan fingerprint density at radius 1 is 1.28 bits per heavy atom. The zero-order chi connectivity index (χ0) is 26.0. The van der Waals surface area contributed by atoms with Crippen LogP contribution >= 0.6 is 11.6 Å². The lowest BCUT2D eigenvalue weighted by molar-refractivity contribution is -0.190. The molecule has 1 saturated heterocycles. The SMILES string of the molecule is [N-]=[N+]=N[C@H]1[C@H](O)[C@@H](COC(Cc2ccccc2)(C(=O)O)C(=O)O)O[C@H]1n1cnc2c(N)nc(Cl)nc21. The Balaban J connectivity index is 1.63. The largest absolute Gasteiger partial charge is 0.479 e. The van der Waals surface area contributed by atoms with Crippen molar-refractivity contribution in [2.75, 3.05) is 12.3 Å². The molecule has 4 rings (SSSR count). The van der Waals surface area contributed by atoms with E-state index in [0.29, 0.717) is 5.56 Å². The van der Waals surface area contributed by atoms with Gasteiger partial charge in [0, 0.05) is 11.3 Å². The van der Waals surface area contributed by atoms with Crippen molar-refractivity contribution in [3.05, 3.63) is 57.9 Å². The minimum atomic E-state index is -2.67. The van der Waals surface area contributed by atoms with Crippen LogP contribution in [0.15, 0.2) is 41.8 Å². The molecule has 0 amide bonds. The molecule has 15 nitrogen and oxygen atoms in total. The molecule has 1 aliphatic heterocycles.